The van der Waals surface area contributed by atoms with Gasteiger partial charge in [-0.2, -0.15) is 0 Å². The molecule has 1 aliphatic rings. The number of benzene rings is 1. The first kappa shape index (κ1) is 12.1. The van der Waals surface area contributed by atoms with Crippen molar-refractivity contribution in [2.75, 3.05) is 6.54 Å². The first-order valence-electron chi connectivity index (χ1n) is 6.75. The summed E-state index contributed by atoms with van der Waals surface area (Å²) in [6, 6.07) is 8.74. The first-order chi connectivity index (χ1) is 8.66. The second-order valence-corrected chi connectivity index (χ2v) is 6.85. The molecule has 1 heterocycles. The average molecular weight is 260 g/mol. The second-order valence-electron chi connectivity index (χ2n) is 5.79. The van der Waals surface area contributed by atoms with Crippen LogP contribution in [-0.4, -0.2) is 11.5 Å². The molecule has 3 heteroatoms. The molecule has 1 aliphatic carbocycles. The number of aromatic nitrogens is 1. The van der Waals surface area contributed by atoms with Crippen LogP contribution in [0.15, 0.2) is 24.3 Å². The van der Waals surface area contributed by atoms with E-state index in [2.05, 4.69) is 43.4 Å². The van der Waals surface area contributed by atoms with Crippen molar-refractivity contribution in [3.63, 3.8) is 0 Å². The van der Waals surface area contributed by atoms with Crippen LogP contribution < -0.4 is 5.32 Å². The Balaban J connectivity index is 1.69. The number of hydrogen-bond donors (Lipinski definition) is 1. The Kier molecular flexibility index (Phi) is 3.12. The molecule has 0 aliphatic heterocycles. The fourth-order valence-corrected chi connectivity index (χ4v) is 3.51. The van der Waals surface area contributed by atoms with E-state index in [0.717, 1.165) is 12.1 Å². The van der Waals surface area contributed by atoms with Crippen molar-refractivity contribution in [2.24, 2.45) is 5.41 Å². The quantitative estimate of drug-likeness (QED) is 0.893. The summed E-state index contributed by atoms with van der Waals surface area (Å²) in [6.07, 6.45) is 4.13. The van der Waals surface area contributed by atoms with Gasteiger partial charge in [0.2, 0.25) is 0 Å². The summed E-state index contributed by atoms with van der Waals surface area (Å²) in [5.74, 6) is 0. The van der Waals surface area contributed by atoms with Crippen LogP contribution in [0.1, 0.15) is 44.2 Å². The van der Waals surface area contributed by atoms with E-state index >= 15 is 0 Å². The van der Waals surface area contributed by atoms with Gasteiger partial charge in [0.1, 0.15) is 5.01 Å². The number of thiazole rings is 1. The zero-order valence-electron chi connectivity index (χ0n) is 11.1. The van der Waals surface area contributed by atoms with E-state index in [0.29, 0.717) is 11.5 Å². The van der Waals surface area contributed by atoms with Crippen molar-refractivity contribution >= 4 is 21.6 Å². The Morgan fingerprint density at radius 3 is 2.83 bits per heavy atom. The van der Waals surface area contributed by atoms with Crippen molar-refractivity contribution in [2.45, 2.75) is 39.2 Å². The van der Waals surface area contributed by atoms with E-state index < -0.39 is 0 Å². The molecule has 1 atom stereocenters. The second kappa shape index (κ2) is 4.63. The van der Waals surface area contributed by atoms with Gasteiger partial charge in [0.15, 0.2) is 0 Å². The average Bonchev–Trinajstić information content (AvgIpc) is 2.77. The molecule has 1 saturated carbocycles. The molecule has 18 heavy (non-hydrogen) atoms. The highest BCUT2D eigenvalue weighted by molar-refractivity contribution is 7.18. The van der Waals surface area contributed by atoms with E-state index in [1.54, 1.807) is 0 Å². The minimum Gasteiger partial charge on any atom is -0.308 e. The number of hydrogen-bond acceptors (Lipinski definition) is 3. The maximum absolute atomic E-state index is 4.71. The molecule has 1 unspecified atom stereocenters. The third-order valence-electron chi connectivity index (χ3n) is 4.08. The van der Waals surface area contributed by atoms with Crippen LogP contribution >= 0.6 is 11.3 Å². The van der Waals surface area contributed by atoms with E-state index in [1.165, 1.54) is 29.0 Å². The van der Waals surface area contributed by atoms with Gasteiger partial charge >= 0.3 is 0 Å². The lowest BCUT2D eigenvalue weighted by molar-refractivity contribution is 0.152. The molecule has 1 aromatic carbocycles. The molecule has 0 radical (unpaired) electrons. The number of nitrogens with one attached hydrogen (secondary N) is 1. The molecule has 1 aromatic heterocycles. The molecule has 1 N–H and O–H groups in total. The van der Waals surface area contributed by atoms with Gasteiger partial charge < -0.3 is 5.32 Å². The summed E-state index contributed by atoms with van der Waals surface area (Å²) in [5.41, 5.74) is 1.66. The summed E-state index contributed by atoms with van der Waals surface area (Å²) in [5, 5.41) is 4.86. The normalized spacial score (nSPS) is 19.7. The van der Waals surface area contributed by atoms with Crippen LogP contribution in [0.4, 0.5) is 0 Å². The highest BCUT2D eigenvalue weighted by Gasteiger charge is 2.31. The summed E-state index contributed by atoms with van der Waals surface area (Å²) in [4.78, 5) is 4.71. The molecular weight excluding hydrogens is 240 g/mol. The molecule has 0 spiro atoms. The summed E-state index contributed by atoms with van der Waals surface area (Å²) in [6.45, 7) is 5.72. The molecule has 1 fully saturated rings. The SMILES string of the molecule is CC(NCC1(C)CCC1)c1nc2ccccc2s1. The smallest absolute Gasteiger partial charge is 0.111 e. The molecule has 3 rings (SSSR count). The van der Waals surface area contributed by atoms with Gasteiger partial charge in [-0.3, -0.25) is 0 Å². The molecule has 2 nitrogen and oxygen atoms in total. The van der Waals surface area contributed by atoms with Crippen LogP contribution in [0.3, 0.4) is 0 Å². The number of nitrogens with zero attached hydrogens (tertiary/aromatic N) is 1. The molecule has 2 aromatic rings. The number of rotatable bonds is 4. The summed E-state index contributed by atoms with van der Waals surface area (Å²) < 4.78 is 1.29. The Hall–Kier alpha value is -0.930. The van der Waals surface area contributed by atoms with Gasteiger partial charge in [0.05, 0.1) is 16.3 Å². The lowest BCUT2D eigenvalue weighted by atomic mass is 9.70. The van der Waals surface area contributed by atoms with E-state index in [-0.39, 0.29) is 0 Å². The summed E-state index contributed by atoms with van der Waals surface area (Å²) in [7, 11) is 0. The predicted molar refractivity (Wildman–Crippen MR) is 78.0 cm³/mol. The Bertz CT molecular complexity index is 509. The minimum absolute atomic E-state index is 0.361. The molecule has 0 amide bonds. The zero-order chi connectivity index (χ0) is 12.6. The summed E-state index contributed by atoms with van der Waals surface area (Å²) >= 11 is 1.81. The monoisotopic (exact) mass is 260 g/mol. The van der Waals surface area contributed by atoms with Crippen molar-refractivity contribution in [1.82, 2.24) is 10.3 Å². The van der Waals surface area contributed by atoms with Gasteiger partial charge in [-0.25, -0.2) is 4.98 Å². The van der Waals surface area contributed by atoms with Crippen LogP contribution in [0.2, 0.25) is 0 Å². The fourth-order valence-electron chi connectivity index (χ4n) is 2.52. The van der Waals surface area contributed by atoms with Gasteiger partial charge in [-0.05, 0) is 37.3 Å². The maximum Gasteiger partial charge on any atom is 0.111 e. The van der Waals surface area contributed by atoms with E-state index in [9.17, 15) is 0 Å². The van der Waals surface area contributed by atoms with Crippen LogP contribution in [0.5, 0.6) is 0 Å². The van der Waals surface area contributed by atoms with Crippen LogP contribution in [0, 0.1) is 5.41 Å². The van der Waals surface area contributed by atoms with Crippen molar-refractivity contribution in [1.29, 1.82) is 0 Å². The standard InChI is InChI=1S/C15H20N2S/c1-11(16-10-15(2)8-5-9-15)14-17-12-6-3-4-7-13(12)18-14/h3-4,6-7,11,16H,5,8-10H2,1-2H3. The third-order valence-corrected chi connectivity index (χ3v) is 5.30. The van der Waals surface area contributed by atoms with E-state index in [4.69, 9.17) is 4.98 Å². The highest BCUT2D eigenvalue weighted by atomic mass is 32.1. The van der Waals surface area contributed by atoms with Crippen molar-refractivity contribution in [3.05, 3.63) is 29.3 Å². The van der Waals surface area contributed by atoms with Gasteiger partial charge in [0, 0.05) is 6.54 Å². The van der Waals surface area contributed by atoms with Crippen molar-refractivity contribution in [3.8, 4) is 0 Å². The van der Waals surface area contributed by atoms with Gasteiger partial charge in [0.25, 0.3) is 0 Å². The number of para-hydroxylation sites is 1. The van der Waals surface area contributed by atoms with Gasteiger partial charge in [-0.15, -0.1) is 11.3 Å². The lowest BCUT2D eigenvalue weighted by Crippen LogP contribution is -2.38. The lowest BCUT2D eigenvalue weighted by Gasteiger charge is -2.39. The molecule has 96 valence electrons. The molecular formula is C15H20N2S. The van der Waals surface area contributed by atoms with Crippen molar-refractivity contribution < 1.29 is 0 Å². The van der Waals surface area contributed by atoms with Gasteiger partial charge in [-0.1, -0.05) is 25.5 Å². The topological polar surface area (TPSA) is 24.9 Å². The number of fused-ring (bicyclic) bond motifs is 1. The van der Waals surface area contributed by atoms with Crippen LogP contribution in [-0.2, 0) is 0 Å². The zero-order valence-corrected chi connectivity index (χ0v) is 11.9. The fraction of sp³-hybridized carbons (Fsp3) is 0.533. The Morgan fingerprint density at radius 2 is 2.17 bits per heavy atom. The Morgan fingerprint density at radius 1 is 1.39 bits per heavy atom. The van der Waals surface area contributed by atoms with Crippen LogP contribution in [0.25, 0.3) is 10.2 Å². The predicted octanol–water partition coefficient (Wildman–Crippen LogP) is 4.14. The maximum atomic E-state index is 4.71. The molecule has 0 bridgehead atoms. The largest absolute Gasteiger partial charge is 0.308 e. The third kappa shape index (κ3) is 2.29. The molecule has 0 saturated heterocycles. The Labute approximate surface area is 112 Å². The highest BCUT2D eigenvalue weighted by Crippen LogP contribution is 2.40. The van der Waals surface area contributed by atoms with E-state index in [1.807, 2.05) is 11.3 Å². The first-order valence-corrected chi connectivity index (χ1v) is 7.57. The minimum atomic E-state index is 0.361.